The van der Waals surface area contributed by atoms with Crippen LogP contribution in [0.3, 0.4) is 0 Å². The molecule has 1 fully saturated rings. The minimum atomic E-state index is 0.740. The van der Waals surface area contributed by atoms with Gasteiger partial charge in [-0.3, -0.25) is 0 Å². The molecule has 0 radical (unpaired) electrons. The molecule has 0 heterocycles. The number of likely N-dealkylation sites (N-methyl/N-ethyl adjacent to an activating group) is 2. The maximum absolute atomic E-state index is 3.61. The fourth-order valence-corrected chi connectivity index (χ4v) is 2.37. The van der Waals surface area contributed by atoms with Crippen LogP contribution in [0.1, 0.15) is 39.5 Å². The van der Waals surface area contributed by atoms with Gasteiger partial charge in [0.05, 0.1) is 0 Å². The molecule has 1 rings (SSSR count). The van der Waals surface area contributed by atoms with Crippen LogP contribution in [0.15, 0.2) is 0 Å². The van der Waals surface area contributed by atoms with E-state index in [1.54, 1.807) is 0 Å². The first-order valence-electron chi connectivity index (χ1n) is 5.73. The minimum absolute atomic E-state index is 0.740. The Bertz CT molecular complexity index is 134. The largest absolute Gasteiger partial charge is 0.313 e. The van der Waals surface area contributed by atoms with Crippen LogP contribution in [-0.4, -0.2) is 37.1 Å². The Morgan fingerprint density at radius 3 is 2.54 bits per heavy atom. The van der Waals surface area contributed by atoms with Crippen LogP contribution in [0, 0.1) is 0 Å². The fourth-order valence-electron chi connectivity index (χ4n) is 2.37. The summed E-state index contributed by atoms with van der Waals surface area (Å²) < 4.78 is 0. The lowest BCUT2D eigenvalue weighted by molar-refractivity contribution is 0.157. The lowest BCUT2D eigenvalue weighted by Crippen LogP contribution is -2.50. The highest BCUT2D eigenvalue weighted by atomic mass is 15.2. The van der Waals surface area contributed by atoms with E-state index in [4.69, 9.17) is 0 Å². The topological polar surface area (TPSA) is 15.3 Å². The van der Waals surface area contributed by atoms with Gasteiger partial charge in [-0.25, -0.2) is 0 Å². The molecular formula is C11H24N2. The molecule has 1 N–H and O–H groups in total. The zero-order valence-corrected chi connectivity index (χ0v) is 9.34. The second-order valence-electron chi connectivity index (χ2n) is 4.09. The van der Waals surface area contributed by atoms with E-state index in [0.29, 0.717) is 0 Å². The second-order valence-corrected chi connectivity index (χ2v) is 4.09. The Hall–Kier alpha value is -0.0800. The Morgan fingerprint density at radius 2 is 1.92 bits per heavy atom. The van der Waals surface area contributed by atoms with Crippen molar-refractivity contribution in [3.05, 3.63) is 0 Å². The van der Waals surface area contributed by atoms with E-state index in [1.807, 2.05) is 0 Å². The first-order chi connectivity index (χ1) is 6.29. The maximum Gasteiger partial charge on any atom is 0.0246 e. The molecule has 78 valence electrons. The van der Waals surface area contributed by atoms with E-state index in [9.17, 15) is 0 Å². The van der Waals surface area contributed by atoms with Gasteiger partial charge in [-0.05, 0) is 33.0 Å². The molecule has 1 aliphatic carbocycles. The van der Waals surface area contributed by atoms with Gasteiger partial charge < -0.3 is 10.2 Å². The van der Waals surface area contributed by atoms with Crippen molar-refractivity contribution >= 4 is 0 Å². The van der Waals surface area contributed by atoms with Crippen molar-refractivity contribution in [2.45, 2.75) is 51.6 Å². The molecule has 1 saturated carbocycles. The number of hydrogen-bond donors (Lipinski definition) is 1. The molecule has 0 saturated heterocycles. The van der Waals surface area contributed by atoms with Gasteiger partial charge in [0.25, 0.3) is 0 Å². The van der Waals surface area contributed by atoms with E-state index in [1.165, 1.54) is 32.2 Å². The van der Waals surface area contributed by atoms with E-state index >= 15 is 0 Å². The molecule has 0 bridgehead atoms. The van der Waals surface area contributed by atoms with Gasteiger partial charge in [-0.2, -0.15) is 0 Å². The minimum Gasteiger partial charge on any atom is -0.313 e. The van der Waals surface area contributed by atoms with Crippen molar-refractivity contribution in [3.63, 3.8) is 0 Å². The van der Waals surface area contributed by atoms with Gasteiger partial charge in [0.15, 0.2) is 0 Å². The SMILES string of the molecule is CCNC1CCCCC1N(C)CC. The Labute approximate surface area is 82.7 Å². The average Bonchev–Trinajstić information content (AvgIpc) is 2.18. The zero-order chi connectivity index (χ0) is 9.68. The van der Waals surface area contributed by atoms with E-state index in [0.717, 1.165) is 18.6 Å². The molecule has 0 aromatic heterocycles. The average molecular weight is 184 g/mol. The van der Waals surface area contributed by atoms with Crippen molar-refractivity contribution in [2.75, 3.05) is 20.1 Å². The highest BCUT2D eigenvalue weighted by Crippen LogP contribution is 2.22. The van der Waals surface area contributed by atoms with Crippen molar-refractivity contribution in [1.82, 2.24) is 10.2 Å². The fraction of sp³-hybridized carbons (Fsp3) is 1.00. The predicted octanol–water partition coefficient (Wildman–Crippen LogP) is 1.86. The van der Waals surface area contributed by atoms with Gasteiger partial charge in [0, 0.05) is 12.1 Å². The molecule has 1 aliphatic rings. The molecule has 0 aromatic carbocycles. The van der Waals surface area contributed by atoms with Crippen LogP contribution >= 0.6 is 0 Å². The van der Waals surface area contributed by atoms with E-state index < -0.39 is 0 Å². The molecule has 13 heavy (non-hydrogen) atoms. The van der Waals surface area contributed by atoms with Crippen LogP contribution in [0.25, 0.3) is 0 Å². The normalized spacial score (nSPS) is 29.5. The van der Waals surface area contributed by atoms with E-state index in [2.05, 4.69) is 31.1 Å². The first-order valence-corrected chi connectivity index (χ1v) is 5.73. The molecule has 0 aromatic rings. The number of nitrogens with one attached hydrogen (secondary N) is 1. The van der Waals surface area contributed by atoms with Gasteiger partial charge in [-0.1, -0.05) is 26.7 Å². The Morgan fingerprint density at radius 1 is 1.23 bits per heavy atom. The summed E-state index contributed by atoms with van der Waals surface area (Å²) in [6.45, 7) is 6.74. The van der Waals surface area contributed by atoms with Crippen molar-refractivity contribution in [1.29, 1.82) is 0 Å². The molecular weight excluding hydrogens is 160 g/mol. The van der Waals surface area contributed by atoms with Gasteiger partial charge >= 0.3 is 0 Å². The quantitative estimate of drug-likeness (QED) is 0.717. The van der Waals surface area contributed by atoms with Crippen molar-refractivity contribution in [3.8, 4) is 0 Å². The predicted molar refractivity (Wildman–Crippen MR) is 58.0 cm³/mol. The van der Waals surface area contributed by atoms with Crippen LogP contribution < -0.4 is 5.32 Å². The van der Waals surface area contributed by atoms with Gasteiger partial charge in [0.1, 0.15) is 0 Å². The van der Waals surface area contributed by atoms with Crippen LogP contribution in [0.2, 0.25) is 0 Å². The lowest BCUT2D eigenvalue weighted by Gasteiger charge is -2.38. The van der Waals surface area contributed by atoms with Crippen LogP contribution in [0.5, 0.6) is 0 Å². The summed E-state index contributed by atoms with van der Waals surface area (Å²) in [5, 5.41) is 3.61. The molecule has 2 unspecified atom stereocenters. The Kier molecular flexibility index (Phi) is 4.74. The summed E-state index contributed by atoms with van der Waals surface area (Å²) >= 11 is 0. The first kappa shape index (κ1) is 11.0. The monoisotopic (exact) mass is 184 g/mol. The number of nitrogens with zero attached hydrogens (tertiary/aromatic N) is 1. The highest BCUT2D eigenvalue weighted by molar-refractivity contribution is 4.86. The number of hydrogen-bond acceptors (Lipinski definition) is 2. The molecule has 2 atom stereocenters. The standard InChI is InChI=1S/C11H24N2/c1-4-12-10-8-6-7-9-11(10)13(3)5-2/h10-12H,4-9H2,1-3H3. The smallest absolute Gasteiger partial charge is 0.0246 e. The summed E-state index contributed by atoms with van der Waals surface area (Å²) in [5.74, 6) is 0. The van der Waals surface area contributed by atoms with Gasteiger partial charge in [0.2, 0.25) is 0 Å². The second kappa shape index (κ2) is 5.61. The summed E-state index contributed by atoms with van der Waals surface area (Å²) in [6.07, 6.45) is 5.56. The highest BCUT2D eigenvalue weighted by Gasteiger charge is 2.26. The molecule has 2 nitrogen and oxygen atoms in total. The molecule has 0 spiro atoms. The third-order valence-electron chi connectivity index (χ3n) is 3.26. The van der Waals surface area contributed by atoms with Crippen molar-refractivity contribution in [2.24, 2.45) is 0 Å². The summed E-state index contributed by atoms with van der Waals surface area (Å²) in [5.41, 5.74) is 0. The zero-order valence-electron chi connectivity index (χ0n) is 9.34. The summed E-state index contributed by atoms with van der Waals surface area (Å²) in [4.78, 5) is 2.49. The van der Waals surface area contributed by atoms with E-state index in [-0.39, 0.29) is 0 Å². The Balaban J connectivity index is 2.45. The molecule has 0 aliphatic heterocycles. The van der Waals surface area contributed by atoms with Crippen molar-refractivity contribution < 1.29 is 0 Å². The molecule has 2 heteroatoms. The maximum atomic E-state index is 3.61. The number of rotatable bonds is 4. The van der Waals surface area contributed by atoms with Crippen LogP contribution in [-0.2, 0) is 0 Å². The third kappa shape index (κ3) is 2.96. The van der Waals surface area contributed by atoms with Gasteiger partial charge in [-0.15, -0.1) is 0 Å². The summed E-state index contributed by atoms with van der Waals surface area (Å²) in [6, 6.07) is 1.52. The molecule has 0 amide bonds. The summed E-state index contributed by atoms with van der Waals surface area (Å²) in [7, 11) is 2.25. The van der Waals surface area contributed by atoms with Crippen LogP contribution in [0.4, 0.5) is 0 Å². The third-order valence-corrected chi connectivity index (χ3v) is 3.26. The lowest BCUT2D eigenvalue weighted by atomic mass is 9.89.